The van der Waals surface area contributed by atoms with Crippen molar-refractivity contribution >= 4 is 0 Å². The van der Waals surface area contributed by atoms with Crippen LogP contribution < -0.4 is 9.47 Å². The van der Waals surface area contributed by atoms with E-state index in [2.05, 4.69) is 17.9 Å². The summed E-state index contributed by atoms with van der Waals surface area (Å²) in [6.07, 6.45) is 1.54. The average Bonchev–Trinajstić information content (AvgIpc) is 2.51. The molecule has 4 heteroatoms. The lowest BCUT2D eigenvalue weighted by Crippen LogP contribution is -2.43. The molecule has 1 heterocycles. The fourth-order valence-electron chi connectivity index (χ4n) is 3.00. The largest absolute Gasteiger partial charge is 0.493 e. The number of rotatable bonds is 6. The third-order valence-electron chi connectivity index (χ3n) is 4.25. The fourth-order valence-corrected chi connectivity index (χ4v) is 3.00. The van der Waals surface area contributed by atoms with E-state index in [1.54, 1.807) is 7.11 Å². The lowest BCUT2D eigenvalue weighted by Gasteiger charge is -2.35. The molecule has 1 aromatic rings. The van der Waals surface area contributed by atoms with E-state index in [0.29, 0.717) is 12.5 Å². The van der Waals surface area contributed by atoms with Crippen LogP contribution in [-0.4, -0.2) is 49.5 Å². The summed E-state index contributed by atoms with van der Waals surface area (Å²) >= 11 is 0. The van der Waals surface area contributed by atoms with Gasteiger partial charge in [0.15, 0.2) is 11.5 Å². The van der Waals surface area contributed by atoms with Crippen molar-refractivity contribution in [3.63, 3.8) is 0 Å². The molecule has 1 saturated heterocycles. The fraction of sp³-hybridized carbons (Fsp3) is 0.647. The zero-order chi connectivity index (χ0) is 15.2. The van der Waals surface area contributed by atoms with Gasteiger partial charge < -0.3 is 19.5 Å². The first-order chi connectivity index (χ1) is 10.2. The monoisotopic (exact) mass is 293 g/mol. The van der Waals surface area contributed by atoms with Crippen LogP contribution >= 0.6 is 0 Å². The molecule has 1 aromatic carbocycles. The molecule has 118 valence electrons. The molecule has 1 aliphatic heterocycles. The summed E-state index contributed by atoms with van der Waals surface area (Å²) in [7, 11) is 1.66. The number of piperidine rings is 1. The van der Waals surface area contributed by atoms with E-state index in [1.165, 1.54) is 5.56 Å². The molecule has 4 nitrogen and oxygen atoms in total. The van der Waals surface area contributed by atoms with Crippen molar-refractivity contribution in [2.45, 2.75) is 32.8 Å². The Morgan fingerprint density at radius 2 is 2.10 bits per heavy atom. The van der Waals surface area contributed by atoms with Crippen LogP contribution in [0.4, 0.5) is 0 Å². The van der Waals surface area contributed by atoms with Crippen LogP contribution in [0.3, 0.4) is 0 Å². The van der Waals surface area contributed by atoms with Crippen molar-refractivity contribution in [1.82, 2.24) is 4.90 Å². The van der Waals surface area contributed by atoms with Crippen LogP contribution in [0.5, 0.6) is 11.5 Å². The quantitative estimate of drug-likeness (QED) is 0.874. The standard InChI is InChI=1S/C17H27NO3/c1-4-18-9-8-15(19)14(12-18)10-13-6-7-16(21-5-2)17(11-13)20-3/h6-7,11,14-15,19H,4-5,8-10,12H2,1-3H3. The molecular weight excluding hydrogens is 266 g/mol. The molecule has 1 aliphatic rings. The molecule has 1 fully saturated rings. The zero-order valence-electron chi connectivity index (χ0n) is 13.3. The van der Waals surface area contributed by atoms with Crippen molar-refractivity contribution in [3.8, 4) is 11.5 Å². The molecule has 0 aliphatic carbocycles. The molecule has 0 saturated carbocycles. The smallest absolute Gasteiger partial charge is 0.161 e. The summed E-state index contributed by atoms with van der Waals surface area (Å²) in [5, 5.41) is 10.2. The molecule has 2 atom stereocenters. The van der Waals surface area contributed by atoms with Crippen LogP contribution in [0.1, 0.15) is 25.8 Å². The maximum Gasteiger partial charge on any atom is 0.161 e. The Labute approximate surface area is 127 Å². The summed E-state index contributed by atoms with van der Waals surface area (Å²) in [6.45, 7) is 7.78. The van der Waals surface area contributed by atoms with Gasteiger partial charge in [-0.05, 0) is 44.0 Å². The lowest BCUT2D eigenvalue weighted by atomic mass is 9.88. The van der Waals surface area contributed by atoms with Crippen LogP contribution in [-0.2, 0) is 6.42 Å². The number of methoxy groups -OCH3 is 1. The van der Waals surface area contributed by atoms with Gasteiger partial charge in [0.1, 0.15) is 0 Å². The Bertz CT molecular complexity index is 450. The summed E-state index contributed by atoms with van der Waals surface area (Å²) in [5.41, 5.74) is 1.19. The zero-order valence-corrected chi connectivity index (χ0v) is 13.3. The number of likely N-dealkylation sites (tertiary alicyclic amines) is 1. The van der Waals surface area contributed by atoms with Crippen molar-refractivity contribution in [2.24, 2.45) is 5.92 Å². The first-order valence-corrected chi connectivity index (χ1v) is 7.88. The average molecular weight is 293 g/mol. The highest BCUT2D eigenvalue weighted by Gasteiger charge is 2.27. The van der Waals surface area contributed by atoms with Gasteiger partial charge in [-0.3, -0.25) is 0 Å². The van der Waals surface area contributed by atoms with Crippen molar-refractivity contribution in [2.75, 3.05) is 33.4 Å². The van der Waals surface area contributed by atoms with Gasteiger partial charge in [-0.1, -0.05) is 13.0 Å². The second-order valence-electron chi connectivity index (χ2n) is 5.63. The molecule has 2 rings (SSSR count). The molecule has 0 radical (unpaired) electrons. The number of benzene rings is 1. The number of hydrogen-bond donors (Lipinski definition) is 1. The number of nitrogens with zero attached hydrogens (tertiary/aromatic N) is 1. The van der Waals surface area contributed by atoms with Crippen LogP contribution in [0.25, 0.3) is 0 Å². The van der Waals surface area contributed by atoms with Crippen LogP contribution in [0, 0.1) is 5.92 Å². The minimum atomic E-state index is -0.203. The van der Waals surface area contributed by atoms with Gasteiger partial charge in [0, 0.05) is 19.0 Å². The first kappa shape index (κ1) is 16.1. The highest BCUT2D eigenvalue weighted by Crippen LogP contribution is 2.30. The van der Waals surface area contributed by atoms with Crippen LogP contribution in [0.2, 0.25) is 0 Å². The van der Waals surface area contributed by atoms with E-state index in [9.17, 15) is 5.11 Å². The van der Waals surface area contributed by atoms with Crippen molar-refractivity contribution in [1.29, 1.82) is 0 Å². The molecule has 1 N–H and O–H groups in total. The number of aliphatic hydroxyl groups excluding tert-OH is 1. The van der Waals surface area contributed by atoms with E-state index < -0.39 is 0 Å². The third-order valence-corrected chi connectivity index (χ3v) is 4.25. The number of ether oxygens (including phenoxy) is 2. The summed E-state index contributed by atoms with van der Waals surface area (Å²) in [4.78, 5) is 2.41. The SMILES string of the molecule is CCOc1ccc(CC2CN(CC)CCC2O)cc1OC. The molecule has 0 spiro atoms. The summed E-state index contributed by atoms with van der Waals surface area (Å²) in [6, 6.07) is 6.07. The minimum Gasteiger partial charge on any atom is -0.493 e. The Morgan fingerprint density at radius 3 is 2.76 bits per heavy atom. The molecular formula is C17H27NO3. The Balaban J connectivity index is 2.07. The highest BCUT2D eigenvalue weighted by atomic mass is 16.5. The van der Waals surface area contributed by atoms with E-state index in [4.69, 9.17) is 9.47 Å². The third kappa shape index (κ3) is 4.11. The predicted molar refractivity (Wildman–Crippen MR) is 84.1 cm³/mol. The van der Waals surface area contributed by atoms with Gasteiger partial charge in [-0.2, -0.15) is 0 Å². The summed E-state index contributed by atoms with van der Waals surface area (Å²) in [5.74, 6) is 1.84. The second kappa shape index (κ2) is 7.66. The first-order valence-electron chi connectivity index (χ1n) is 7.88. The minimum absolute atomic E-state index is 0.203. The Hall–Kier alpha value is -1.26. The normalized spacial score (nSPS) is 23.0. The maximum atomic E-state index is 10.2. The van der Waals surface area contributed by atoms with Gasteiger partial charge in [-0.15, -0.1) is 0 Å². The molecule has 0 amide bonds. The van der Waals surface area contributed by atoms with E-state index in [0.717, 1.165) is 44.0 Å². The van der Waals surface area contributed by atoms with E-state index >= 15 is 0 Å². The molecule has 2 unspecified atom stereocenters. The maximum absolute atomic E-state index is 10.2. The lowest BCUT2D eigenvalue weighted by molar-refractivity contribution is 0.0290. The van der Waals surface area contributed by atoms with Crippen molar-refractivity contribution in [3.05, 3.63) is 23.8 Å². The molecule has 0 aromatic heterocycles. The topological polar surface area (TPSA) is 41.9 Å². The van der Waals surface area contributed by atoms with Gasteiger partial charge in [0.25, 0.3) is 0 Å². The number of aliphatic hydroxyl groups is 1. The Kier molecular flexibility index (Phi) is 5.88. The van der Waals surface area contributed by atoms with Gasteiger partial charge >= 0.3 is 0 Å². The molecule has 21 heavy (non-hydrogen) atoms. The summed E-state index contributed by atoms with van der Waals surface area (Å²) < 4.78 is 10.9. The second-order valence-corrected chi connectivity index (χ2v) is 5.63. The number of hydrogen-bond acceptors (Lipinski definition) is 4. The highest BCUT2D eigenvalue weighted by molar-refractivity contribution is 5.43. The Morgan fingerprint density at radius 1 is 1.29 bits per heavy atom. The van der Waals surface area contributed by atoms with Gasteiger partial charge in [0.2, 0.25) is 0 Å². The van der Waals surface area contributed by atoms with E-state index in [-0.39, 0.29) is 6.10 Å². The predicted octanol–water partition coefficient (Wildman–Crippen LogP) is 2.34. The van der Waals surface area contributed by atoms with E-state index in [1.807, 2.05) is 19.1 Å². The van der Waals surface area contributed by atoms with Crippen LogP contribution in [0.15, 0.2) is 18.2 Å². The molecule has 0 bridgehead atoms. The van der Waals surface area contributed by atoms with Crippen molar-refractivity contribution < 1.29 is 14.6 Å². The van der Waals surface area contributed by atoms with Gasteiger partial charge in [0.05, 0.1) is 19.8 Å². The van der Waals surface area contributed by atoms with Gasteiger partial charge in [-0.25, -0.2) is 0 Å².